The van der Waals surface area contributed by atoms with Gasteiger partial charge in [-0.25, -0.2) is 0 Å². The monoisotopic (exact) mass is 306 g/mol. The predicted octanol–water partition coefficient (Wildman–Crippen LogP) is 3.30. The number of halogens is 1. The molecule has 0 radical (unpaired) electrons. The Morgan fingerprint density at radius 1 is 1.05 bits per heavy atom. The number of pyridine rings is 1. The highest BCUT2D eigenvalue weighted by Gasteiger charge is 1.98. The molecule has 21 heavy (non-hydrogen) atoms. The van der Waals surface area contributed by atoms with E-state index in [0.29, 0.717) is 24.0 Å². The summed E-state index contributed by atoms with van der Waals surface area (Å²) in [4.78, 5) is 3.95. The van der Waals surface area contributed by atoms with Crippen molar-refractivity contribution in [2.24, 2.45) is 0 Å². The first-order valence-electron chi connectivity index (χ1n) is 6.93. The Hall–Kier alpha value is -1.78. The van der Waals surface area contributed by atoms with Gasteiger partial charge in [0.25, 0.3) is 0 Å². The summed E-state index contributed by atoms with van der Waals surface area (Å²) in [5.74, 6) is 1.48. The summed E-state index contributed by atoms with van der Waals surface area (Å²) in [6.45, 7) is 4.85. The van der Waals surface area contributed by atoms with Gasteiger partial charge in [0.2, 0.25) is 0 Å². The number of ether oxygens (including phenoxy) is 2. The van der Waals surface area contributed by atoms with Gasteiger partial charge in [0.1, 0.15) is 24.7 Å². The second-order valence-corrected chi connectivity index (χ2v) is 4.90. The average Bonchev–Trinajstić information content (AvgIpc) is 2.51. The Balaban J connectivity index is 1.71. The van der Waals surface area contributed by atoms with Crippen LogP contribution in [0, 0.1) is 0 Å². The highest BCUT2D eigenvalue weighted by molar-refractivity contribution is 6.30. The smallest absolute Gasteiger partial charge is 0.139 e. The van der Waals surface area contributed by atoms with E-state index in [4.69, 9.17) is 21.1 Å². The number of rotatable bonds is 8. The maximum Gasteiger partial charge on any atom is 0.139 e. The first-order chi connectivity index (χ1) is 10.3. The summed E-state index contributed by atoms with van der Waals surface area (Å²) < 4.78 is 11.1. The molecule has 0 aliphatic carbocycles. The van der Waals surface area contributed by atoms with Crippen LogP contribution in [0.2, 0.25) is 5.02 Å². The molecule has 0 unspecified atom stereocenters. The maximum atomic E-state index is 5.83. The first-order valence-corrected chi connectivity index (χ1v) is 7.31. The van der Waals surface area contributed by atoms with Crippen molar-refractivity contribution in [3.8, 4) is 11.5 Å². The van der Waals surface area contributed by atoms with E-state index in [1.54, 1.807) is 18.5 Å². The molecule has 2 rings (SSSR count). The fourth-order valence-electron chi connectivity index (χ4n) is 1.76. The van der Waals surface area contributed by atoms with Crippen molar-refractivity contribution in [1.82, 2.24) is 10.3 Å². The number of hydrogen-bond donors (Lipinski definition) is 1. The average molecular weight is 307 g/mol. The number of nitrogens with one attached hydrogen (secondary N) is 1. The summed E-state index contributed by atoms with van der Waals surface area (Å²) in [6.07, 6.45) is 3.20. The minimum absolute atomic E-state index is 0.446. The van der Waals surface area contributed by atoms with Crippen LogP contribution in [0.5, 0.6) is 11.5 Å². The molecule has 112 valence electrons. The van der Waals surface area contributed by atoms with E-state index in [9.17, 15) is 0 Å². The van der Waals surface area contributed by atoms with E-state index in [1.807, 2.05) is 12.1 Å². The summed E-state index contributed by atoms with van der Waals surface area (Å²) in [5.41, 5.74) is 1.24. The third kappa shape index (κ3) is 5.61. The minimum Gasteiger partial charge on any atom is -0.490 e. The lowest BCUT2D eigenvalue weighted by atomic mass is 10.2. The van der Waals surface area contributed by atoms with Crippen LogP contribution in [0.1, 0.15) is 12.5 Å². The Labute approximate surface area is 130 Å². The van der Waals surface area contributed by atoms with Crippen LogP contribution in [0.4, 0.5) is 0 Å². The molecule has 0 aliphatic heterocycles. The molecule has 4 nitrogen and oxygen atoms in total. The van der Waals surface area contributed by atoms with E-state index in [1.165, 1.54) is 5.56 Å². The van der Waals surface area contributed by atoms with Gasteiger partial charge in [-0.05, 0) is 24.2 Å². The lowest BCUT2D eigenvalue weighted by Crippen LogP contribution is -2.11. The Morgan fingerprint density at radius 2 is 1.76 bits per heavy atom. The fourth-order valence-corrected chi connectivity index (χ4v) is 1.93. The zero-order valence-corrected chi connectivity index (χ0v) is 12.8. The number of benzene rings is 1. The standard InChI is InChI=1S/C16H19ClN2O2/c1-2-18-10-13-3-5-15(6-4-13)20-7-8-21-16-9-14(17)11-19-12-16/h3-6,9,11-12,18H,2,7-8,10H2,1H3. The highest BCUT2D eigenvalue weighted by Crippen LogP contribution is 2.15. The number of hydrogen-bond acceptors (Lipinski definition) is 4. The van der Waals surface area contributed by atoms with Crippen LogP contribution >= 0.6 is 11.6 Å². The van der Waals surface area contributed by atoms with Crippen molar-refractivity contribution in [1.29, 1.82) is 0 Å². The molecule has 0 bridgehead atoms. The zero-order valence-electron chi connectivity index (χ0n) is 12.0. The summed E-state index contributed by atoms with van der Waals surface area (Å²) >= 11 is 5.83. The molecular formula is C16H19ClN2O2. The van der Waals surface area contributed by atoms with Crippen LogP contribution in [-0.2, 0) is 6.54 Å². The van der Waals surface area contributed by atoms with E-state index in [2.05, 4.69) is 29.4 Å². The molecule has 1 aromatic heterocycles. The van der Waals surface area contributed by atoms with Gasteiger partial charge in [-0.1, -0.05) is 30.7 Å². The molecule has 0 saturated carbocycles. The van der Waals surface area contributed by atoms with Crippen molar-refractivity contribution in [3.05, 3.63) is 53.3 Å². The van der Waals surface area contributed by atoms with E-state index >= 15 is 0 Å². The molecule has 0 spiro atoms. The first kappa shape index (κ1) is 15.6. The second kappa shape index (κ2) is 8.49. The van der Waals surface area contributed by atoms with Gasteiger partial charge in [0.05, 0.1) is 11.2 Å². The lowest BCUT2D eigenvalue weighted by Gasteiger charge is -2.09. The predicted molar refractivity (Wildman–Crippen MR) is 84.1 cm³/mol. The molecule has 0 amide bonds. The van der Waals surface area contributed by atoms with Crippen LogP contribution < -0.4 is 14.8 Å². The maximum absolute atomic E-state index is 5.83. The number of aromatic nitrogens is 1. The Kier molecular flexibility index (Phi) is 6.31. The molecule has 1 heterocycles. The fraction of sp³-hybridized carbons (Fsp3) is 0.312. The molecular weight excluding hydrogens is 288 g/mol. The molecule has 0 saturated heterocycles. The molecule has 0 atom stereocenters. The molecule has 1 aromatic carbocycles. The van der Waals surface area contributed by atoms with Crippen LogP contribution in [0.3, 0.4) is 0 Å². The van der Waals surface area contributed by atoms with E-state index in [0.717, 1.165) is 18.8 Å². The van der Waals surface area contributed by atoms with Gasteiger partial charge in [-0.15, -0.1) is 0 Å². The third-order valence-corrected chi connectivity index (χ3v) is 3.01. The van der Waals surface area contributed by atoms with Gasteiger partial charge >= 0.3 is 0 Å². The van der Waals surface area contributed by atoms with E-state index in [-0.39, 0.29) is 0 Å². The Bertz CT molecular complexity index is 546. The molecule has 0 aliphatic rings. The largest absolute Gasteiger partial charge is 0.490 e. The quantitative estimate of drug-likeness (QED) is 0.760. The molecule has 5 heteroatoms. The number of nitrogens with zero attached hydrogens (tertiary/aromatic N) is 1. The van der Waals surface area contributed by atoms with Gasteiger partial charge in [-0.3, -0.25) is 4.98 Å². The van der Waals surface area contributed by atoms with Crippen molar-refractivity contribution in [2.45, 2.75) is 13.5 Å². The minimum atomic E-state index is 0.446. The van der Waals surface area contributed by atoms with Crippen LogP contribution in [0.25, 0.3) is 0 Å². The zero-order chi connectivity index (χ0) is 14.9. The Morgan fingerprint density at radius 3 is 2.43 bits per heavy atom. The third-order valence-electron chi connectivity index (χ3n) is 2.80. The van der Waals surface area contributed by atoms with Crippen molar-refractivity contribution >= 4 is 11.6 Å². The van der Waals surface area contributed by atoms with Gasteiger partial charge < -0.3 is 14.8 Å². The van der Waals surface area contributed by atoms with Crippen LogP contribution in [-0.4, -0.2) is 24.7 Å². The summed E-state index contributed by atoms with van der Waals surface area (Å²) in [6, 6.07) is 9.77. The van der Waals surface area contributed by atoms with Gasteiger partial charge in [-0.2, -0.15) is 0 Å². The van der Waals surface area contributed by atoms with Gasteiger partial charge in [0, 0.05) is 18.8 Å². The van der Waals surface area contributed by atoms with Crippen LogP contribution in [0.15, 0.2) is 42.7 Å². The molecule has 1 N–H and O–H groups in total. The second-order valence-electron chi connectivity index (χ2n) is 4.46. The van der Waals surface area contributed by atoms with Crippen molar-refractivity contribution < 1.29 is 9.47 Å². The molecule has 0 fully saturated rings. The highest BCUT2D eigenvalue weighted by atomic mass is 35.5. The van der Waals surface area contributed by atoms with Crippen molar-refractivity contribution in [3.63, 3.8) is 0 Å². The molecule has 2 aromatic rings. The topological polar surface area (TPSA) is 43.4 Å². The normalized spacial score (nSPS) is 10.4. The van der Waals surface area contributed by atoms with Crippen molar-refractivity contribution in [2.75, 3.05) is 19.8 Å². The SMILES string of the molecule is CCNCc1ccc(OCCOc2cncc(Cl)c2)cc1. The lowest BCUT2D eigenvalue weighted by molar-refractivity contribution is 0.216. The van der Waals surface area contributed by atoms with E-state index < -0.39 is 0 Å². The summed E-state index contributed by atoms with van der Waals surface area (Å²) in [7, 11) is 0. The van der Waals surface area contributed by atoms with Gasteiger partial charge in [0.15, 0.2) is 0 Å². The summed E-state index contributed by atoms with van der Waals surface area (Å²) in [5, 5.41) is 3.84.